The number of nitrogens with one attached hydrogen (secondary N) is 2. The Morgan fingerprint density at radius 2 is 2.17 bits per heavy atom. The summed E-state index contributed by atoms with van der Waals surface area (Å²) in [5.41, 5.74) is 0.379. The second-order valence-corrected chi connectivity index (χ2v) is 3.59. The number of allylic oxidation sites excluding steroid dienone is 1. The number of halogens is 3. The van der Waals surface area contributed by atoms with Crippen LogP contribution in [0.5, 0.6) is 0 Å². The molecule has 2 N–H and O–H groups in total. The normalized spacial score (nSPS) is 13.0. The van der Waals surface area contributed by atoms with Crippen molar-refractivity contribution in [2.24, 2.45) is 0 Å². The molecule has 2 heterocycles. The van der Waals surface area contributed by atoms with Crippen LogP contribution in [0.2, 0.25) is 0 Å². The minimum Gasteiger partial charge on any atom is -0.365 e. The Kier molecular flexibility index (Phi) is 3.17. The van der Waals surface area contributed by atoms with Crippen LogP contribution in [0.4, 0.5) is 19.0 Å². The van der Waals surface area contributed by atoms with E-state index >= 15 is 0 Å². The second kappa shape index (κ2) is 4.63. The lowest BCUT2D eigenvalue weighted by Gasteiger charge is -2.07. The van der Waals surface area contributed by atoms with Gasteiger partial charge in [-0.1, -0.05) is 6.08 Å². The lowest BCUT2D eigenvalue weighted by molar-refractivity contribution is -0.0914. The molecule has 0 fully saturated rings. The lowest BCUT2D eigenvalue weighted by Crippen LogP contribution is -2.11. The maximum atomic E-state index is 12.2. The number of hydrogen-bond donors (Lipinski definition) is 2. The topological polar surface area (TPSA) is 66.5 Å². The van der Waals surface area contributed by atoms with Crippen LogP contribution in [0, 0.1) is 0 Å². The van der Waals surface area contributed by atoms with E-state index in [1.807, 2.05) is 0 Å². The van der Waals surface area contributed by atoms with Gasteiger partial charge in [-0.25, -0.2) is 15.0 Å². The third-order valence-corrected chi connectivity index (χ3v) is 2.35. The van der Waals surface area contributed by atoms with Gasteiger partial charge >= 0.3 is 6.18 Å². The third-order valence-electron chi connectivity index (χ3n) is 2.35. The number of aromatic nitrogens is 4. The van der Waals surface area contributed by atoms with Crippen LogP contribution in [-0.2, 0) is 0 Å². The van der Waals surface area contributed by atoms with Crippen molar-refractivity contribution in [2.45, 2.75) is 13.1 Å². The molecule has 8 heteroatoms. The van der Waals surface area contributed by atoms with E-state index in [1.165, 1.54) is 12.7 Å². The Balaban J connectivity index is 2.09. The van der Waals surface area contributed by atoms with E-state index in [0.29, 0.717) is 17.0 Å². The summed E-state index contributed by atoms with van der Waals surface area (Å²) in [5.74, 6) is 0.420. The molecule has 0 aliphatic carbocycles. The molecule has 0 aliphatic rings. The van der Waals surface area contributed by atoms with Gasteiger partial charge in [0.2, 0.25) is 0 Å². The van der Waals surface area contributed by atoms with Crippen LogP contribution in [0.3, 0.4) is 0 Å². The Morgan fingerprint density at radius 1 is 1.39 bits per heavy atom. The average molecular weight is 257 g/mol. The minimum absolute atomic E-state index is 0.0243. The van der Waals surface area contributed by atoms with Gasteiger partial charge in [0.25, 0.3) is 0 Å². The fraction of sp³-hybridized carbons (Fsp3) is 0.300. The predicted molar refractivity (Wildman–Crippen MR) is 60.0 cm³/mol. The van der Waals surface area contributed by atoms with Crippen LogP contribution in [-0.4, -0.2) is 32.7 Å². The zero-order valence-corrected chi connectivity index (χ0v) is 9.41. The van der Waals surface area contributed by atoms with Crippen LogP contribution < -0.4 is 5.32 Å². The summed E-state index contributed by atoms with van der Waals surface area (Å²) in [6.07, 6.45) is -0.492. The van der Waals surface area contributed by atoms with Crippen molar-refractivity contribution in [3.63, 3.8) is 0 Å². The summed E-state index contributed by atoms with van der Waals surface area (Å²) in [6.45, 7) is 1.05. The molecule has 18 heavy (non-hydrogen) atoms. The molecule has 0 aliphatic heterocycles. The molecule has 0 bridgehead atoms. The maximum absolute atomic E-state index is 12.2. The van der Waals surface area contributed by atoms with E-state index in [2.05, 4.69) is 25.3 Å². The summed E-state index contributed by atoms with van der Waals surface area (Å²) in [7, 11) is 0. The number of rotatable bonds is 3. The van der Waals surface area contributed by atoms with E-state index in [1.54, 1.807) is 0 Å². The number of anilines is 1. The number of nitrogens with zero attached hydrogens (tertiary/aromatic N) is 3. The molecule has 2 rings (SSSR count). The van der Waals surface area contributed by atoms with E-state index in [-0.39, 0.29) is 6.54 Å². The van der Waals surface area contributed by atoms with Crippen LogP contribution in [0.25, 0.3) is 11.2 Å². The molecule has 5 nitrogen and oxygen atoms in total. The van der Waals surface area contributed by atoms with E-state index in [9.17, 15) is 13.2 Å². The SMILES string of the molecule is C/C(=C\CNc1ncnc2nc[nH]c12)C(F)(F)F. The van der Waals surface area contributed by atoms with E-state index < -0.39 is 11.7 Å². The first-order chi connectivity index (χ1) is 8.48. The summed E-state index contributed by atoms with van der Waals surface area (Å²) in [6, 6.07) is 0. The molecule has 0 atom stereocenters. The molecule has 0 amide bonds. The highest BCUT2D eigenvalue weighted by atomic mass is 19.4. The van der Waals surface area contributed by atoms with Gasteiger partial charge in [0.1, 0.15) is 11.8 Å². The Morgan fingerprint density at radius 3 is 2.89 bits per heavy atom. The molecular formula is C10H10F3N5. The first-order valence-corrected chi connectivity index (χ1v) is 5.10. The number of hydrogen-bond acceptors (Lipinski definition) is 4. The second-order valence-electron chi connectivity index (χ2n) is 3.59. The largest absolute Gasteiger partial charge is 0.412 e. The smallest absolute Gasteiger partial charge is 0.365 e. The fourth-order valence-electron chi connectivity index (χ4n) is 1.32. The van der Waals surface area contributed by atoms with Crippen LogP contribution in [0.15, 0.2) is 24.3 Å². The zero-order valence-electron chi connectivity index (χ0n) is 9.41. The van der Waals surface area contributed by atoms with Gasteiger partial charge in [-0.15, -0.1) is 0 Å². The summed E-state index contributed by atoms with van der Waals surface area (Å²) in [5, 5.41) is 2.78. The van der Waals surface area contributed by atoms with Crippen molar-refractivity contribution in [2.75, 3.05) is 11.9 Å². The number of alkyl halides is 3. The first-order valence-electron chi connectivity index (χ1n) is 5.10. The third kappa shape index (κ3) is 2.58. The standard InChI is InChI=1S/C10H10F3N5/c1-6(10(11,12)13)2-3-14-8-7-9(16-4-15-7)18-5-17-8/h2,4-5H,3H2,1H3,(H2,14,15,16,17,18)/b6-2+. The maximum Gasteiger partial charge on any atom is 0.412 e. The molecule has 0 saturated heterocycles. The van der Waals surface area contributed by atoms with Crippen molar-refractivity contribution < 1.29 is 13.2 Å². The molecule has 0 radical (unpaired) electrons. The molecule has 0 saturated carbocycles. The summed E-state index contributed by atoms with van der Waals surface area (Å²) in [4.78, 5) is 14.6. The highest BCUT2D eigenvalue weighted by Crippen LogP contribution is 2.24. The number of fused-ring (bicyclic) bond motifs is 1. The highest BCUT2D eigenvalue weighted by Gasteiger charge is 2.29. The van der Waals surface area contributed by atoms with Gasteiger partial charge < -0.3 is 10.3 Å². The van der Waals surface area contributed by atoms with Gasteiger partial charge in [0.15, 0.2) is 11.5 Å². The van der Waals surface area contributed by atoms with E-state index in [0.717, 1.165) is 13.0 Å². The zero-order chi connectivity index (χ0) is 13.2. The van der Waals surface area contributed by atoms with Crippen molar-refractivity contribution >= 4 is 17.0 Å². The van der Waals surface area contributed by atoms with E-state index in [4.69, 9.17) is 0 Å². The van der Waals surface area contributed by atoms with Crippen molar-refractivity contribution in [3.8, 4) is 0 Å². The molecule has 96 valence electrons. The van der Waals surface area contributed by atoms with Gasteiger partial charge in [-0.2, -0.15) is 13.2 Å². The minimum atomic E-state index is -4.29. The van der Waals surface area contributed by atoms with Crippen LogP contribution >= 0.6 is 0 Å². The Bertz CT molecular complexity index is 572. The fourth-order valence-corrected chi connectivity index (χ4v) is 1.32. The monoisotopic (exact) mass is 257 g/mol. The molecule has 2 aromatic heterocycles. The van der Waals surface area contributed by atoms with Crippen molar-refractivity contribution in [3.05, 3.63) is 24.3 Å². The van der Waals surface area contributed by atoms with Gasteiger partial charge in [0.05, 0.1) is 6.33 Å². The van der Waals surface area contributed by atoms with Crippen LogP contribution in [0.1, 0.15) is 6.92 Å². The Labute approximate surface area is 100 Å². The van der Waals surface area contributed by atoms with Gasteiger partial charge in [-0.3, -0.25) is 0 Å². The van der Waals surface area contributed by atoms with Crippen molar-refractivity contribution in [1.82, 2.24) is 19.9 Å². The Hall–Kier alpha value is -2.12. The highest BCUT2D eigenvalue weighted by molar-refractivity contribution is 5.81. The molecule has 0 unspecified atom stereocenters. The number of H-pyrrole nitrogens is 1. The summed E-state index contributed by atoms with van der Waals surface area (Å²) < 4.78 is 36.7. The molecule has 0 spiro atoms. The lowest BCUT2D eigenvalue weighted by atomic mass is 10.3. The van der Waals surface area contributed by atoms with Crippen molar-refractivity contribution in [1.29, 1.82) is 0 Å². The average Bonchev–Trinajstić information content (AvgIpc) is 2.76. The molecule has 0 aromatic carbocycles. The number of aromatic amines is 1. The summed E-state index contributed by atoms with van der Waals surface area (Å²) >= 11 is 0. The predicted octanol–water partition coefficient (Wildman–Crippen LogP) is 2.27. The van der Waals surface area contributed by atoms with Gasteiger partial charge in [-0.05, 0) is 6.92 Å². The van der Waals surface area contributed by atoms with Gasteiger partial charge in [0, 0.05) is 12.1 Å². The first kappa shape index (κ1) is 12.3. The molecule has 2 aromatic rings. The quantitative estimate of drug-likeness (QED) is 0.828. The number of imidazole rings is 1. The molecular weight excluding hydrogens is 247 g/mol.